The molecule has 0 aliphatic carbocycles. The second-order valence-electron chi connectivity index (χ2n) is 7.09. The lowest BCUT2D eigenvalue weighted by molar-refractivity contribution is 0.0465. The van der Waals surface area contributed by atoms with Crippen LogP contribution in [0.1, 0.15) is 46.1 Å². The molecule has 1 amide bonds. The number of nitrogens with zero attached hydrogens (tertiary/aromatic N) is 2. The second-order valence-corrected chi connectivity index (χ2v) is 7.09. The van der Waals surface area contributed by atoms with Gasteiger partial charge in [0.1, 0.15) is 17.2 Å². The van der Waals surface area contributed by atoms with Crippen LogP contribution in [0.5, 0.6) is 5.75 Å². The lowest BCUT2D eigenvalue weighted by atomic mass is 10.1. The Morgan fingerprint density at radius 2 is 1.91 bits per heavy atom. The molecule has 0 saturated heterocycles. The van der Waals surface area contributed by atoms with Crippen LogP contribution < -0.4 is 10.1 Å². The normalized spacial score (nSPS) is 12.3. The van der Waals surface area contributed by atoms with Gasteiger partial charge in [0.05, 0.1) is 23.9 Å². The highest BCUT2D eigenvalue weighted by atomic mass is 16.6. The maximum absolute atomic E-state index is 12.1. The standard InChI is InChI=1S/C17H25N3O3/c1-11-13-10-12(22-7)8-9-20(13)14(18-11)17(5,6)19-15(21)23-16(2,3)4/h8-10H,1-7H3,(H,19,21). The first-order chi connectivity index (χ1) is 10.5. The van der Waals surface area contributed by atoms with E-state index in [2.05, 4.69) is 10.3 Å². The molecule has 0 aliphatic rings. The summed E-state index contributed by atoms with van der Waals surface area (Å²) >= 11 is 0. The zero-order chi connectivity index (χ0) is 17.4. The molecule has 0 atom stereocenters. The Morgan fingerprint density at radius 1 is 1.26 bits per heavy atom. The van der Waals surface area contributed by atoms with E-state index < -0.39 is 17.2 Å². The molecule has 0 saturated carbocycles. The number of ether oxygens (including phenoxy) is 2. The van der Waals surface area contributed by atoms with E-state index >= 15 is 0 Å². The van der Waals surface area contributed by atoms with Crippen molar-refractivity contribution >= 4 is 11.6 Å². The van der Waals surface area contributed by atoms with Gasteiger partial charge in [-0.15, -0.1) is 0 Å². The highest BCUT2D eigenvalue weighted by Gasteiger charge is 2.30. The van der Waals surface area contributed by atoms with E-state index in [4.69, 9.17) is 9.47 Å². The molecule has 0 radical (unpaired) electrons. The van der Waals surface area contributed by atoms with E-state index in [1.165, 1.54) is 0 Å². The Kier molecular flexibility index (Phi) is 4.28. The first kappa shape index (κ1) is 17.1. The van der Waals surface area contributed by atoms with Gasteiger partial charge in [-0.05, 0) is 47.6 Å². The molecule has 2 heterocycles. The molecular formula is C17H25N3O3. The largest absolute Gasteiger partial charge is 0.497 e. The molecule has 0 unspecified atom stereocenters. The van der Waals surface area contributed by atoms with Crippen molar-refractivity contribution in [2.75, 3.05) is 7.11 Å². The van der Waals surface area contributed by atoms with Gasteiger partial charge in [0.2, 0.25) is 0 Å². The quantitative estimate of drug-likeness (QED) is 0.941. The number of nitrogens with one attached hydrogen (secondary N) is 1. The van der Waals surface area contributed by atoms with Crippen molar-refractivity contribution in [3.8, 4) is 5.75 Å². The maximum Gasteiger partial charge on any atom is 0.408 e. The molecule has 2 rings (SSSR count). The van der Waals surface area contributed by atoms with E-state index in [0.717, 1.165) is 22.8 Å². The van der Waals surface area contributed by atoms with Crippen LogP contribution in [-0.2, 0) is 10.3 Å². The second kappa shape index (κ2) is 5.76. The van der Waals surface area contributed by atoms with Crippen molar-refractivity contribution in [3.05, 3.63) is 29.8 Å². The number of pyridine rings is 1. The molecule has 0 fully saturated rings. The van der Waals surface area contributed by atoms with Crippen molar-refractivity contribution in [1.82, 2.24) is 14.7 Å². The SMILES string of the molecule is COc1ccn2c(C(C)(C)NC(=O)OC(C)(C)C)nc(C)c2c1. The molecule has 1 N–H and O–H groups in total. The Hall–Kier alpha value is -2.24. The van der Waals surface area contributed by atoms with Crippen LogP contribution in [-0.4, -0.2) is 28.2 Å². The molecule has 0 aromatic carbocycles. The topological polar surface area (TPSA) is 64.9 Å². The van der Waals surface area contributed by atoms with Crippen molar-refractivity contribution in [2.24, 2.45) is 0 Å². The summed E-state index contributed by atoms with van der Waals surface area (Å²) < 4.78 is 12.6. The molecular weight excluding hydrogens is 294 g/mol. The van der Waals surface area contributed by atoms with Crippen LogP contribution in [0.15, 0.2) is 18.3 Å². The predicted octanol–water partition coefficient (Wildman–Crippen LogP) is 3.41. The van der Waals surface area contributed by atoms with Crippen molar-refractivity contribution in [1.29, 1.82) is 0 Å². The number of hydrogen-bond acceptors (Lipinski definition) is 4. The molecule has 2 aromatic rings. The van der Waals surface area contributed by atoms with E-state index in [1.807, 2.05) is 64.3 Å². The van der Waals surface area contributed by atoms with Gasteiger partial charge in [-0.2, -0.15) is 0 Å². The minimum Gasteiger partial charge on any atom is -0.497 e. The Bertz CT molecular complexity index is 726. The number of amides is 1. The highest BCUT2D eigenvalue weighted by Crippen LogP contribution is 2.25. The minimum atomic E-state index is -0.686. The van der Waals surface area contributed by atoms with Crippen LogP contribution in [0.4, 0.5) is 4.79 Å². The predicted molar refractivity (Wildman–Crippen MR) is 88.9 cm³/mol. The zero-order valence-electron chi connectivity index (χ0n) is 14.9. The minimum absolute atomic E-state index is 0.467. The maximum atomic E-state index is 12.1. The van der Waals surface area contributed by atoms with Crippen molar-refractivity contribution in [3.63, 3.8) is 0 Å². The van der Waals surface area contributed by atoms with E-state index in [0.29, 0.717) is 0 Å². The number of imidazole rings is 1. The van der Waals surface area contributed by atoms with Crippen LogP contribution in [0.25, 0.3) is 5.52 Å². The number of aromatic nitrogens is 2. The van der Waals surface area contributed by atoms with E-state index in [9.17, 15) is 4.79 Å². The fraction of sp³-hybridized carbons (Fsp3) is 0.529. The van der Waals surface area contributed by atoms with Crippen LogP contribution in [0, 0.1) is 6.92 Å². The fourth-order valence-corrected chi connectivity index (χ4v) is 2.40. The Labute approximate surface area is 136 Å². The molecule has 126 valence electrons. The number of aryl methyl sites for hydroxylation is 1. The van der Waals surface area contributed by atoms with E-state index in [1.54, 1.807) is 7.11 Å². The number of carbonyl (C=O) groups excluding carboxylic acids is 1. The number of carbonyl (C=O) groups is 1. The van der Waals surface area contributed by atoms with Gasteiger partial charge < -0.3 is 19.2 Å². The van der Waals surface area contributed by atoms with Gasteiger partial charge in [0.25, 0.3) is 0 Å². The van der Waals surface area contributed by atoms with Gasteiger partial charge in [-0.1, -0.05) is 0 Å². The number of fused-ring (bicyclic) bond motifs is 1. The van der Waals surface area contributed by atoms with Gasteiger partial charge in [-0.25, -0.2) is 9.78 Å². The van der Waals surface area contributed by atoms with Gasteiger partial charge in [0, 0.05) is 12.3 Å². The molecule has 2 aromatic heterocycles. The summed E-state index contributed by atoms with van der Waals surface area (Å²) in [7, 11) is 1.63. The summed E-state index contributed by atoms with van der Waals surface area (Å²) in [4.78, 5) is 16.7. The summed E-state index contributed by atoms with van der Waals surface area (Å²) in [5.74, 6) is 1.50. The Morgan fingerprint density at radius 3 is 2.48 bits per heavy atom. The number of hydrogen-bond donors (Lipinski definition) is 1. The van der Waals surface area contributed by atoms with Crippen molar-refractivity contribution < 1.29 is 14.3 Å². The zero-order valence-corrected chi connectivity index (χ0v) is 14.9. The Balaban J connectivity index is 2.36. The first-order valence-electron chi connectivity index (χ1n) is 7.58. The summed E-state index contributed by atoms with van der Waals surface area (Å²) in [6.45, 7) is 11.2. The van der Waals surface area contributed by atoms with Crippen LogP contribution >= 0.6 is 0 Å². The van der Waals surface area contributed by atoms with Gasteiger partial charge in [0.15, 0.2) is 0 Å². The van der Waals surface area contributed by atoms with Crippen molar-refractivity contribution in [2.45, 2.75) is 52.7 Å². The monoisotopic (exact) mass is 319 g/mol. The third-order valence-electron chi connectivity index (χ3n) is 3.41. The van der Waals surface area contributed by atoms with Gasteiger partial charge >= 0.3 is 6.09 Å². The number of rotatable bonds is 3. The molecule has 23 heavy (non-hydrogen) atoms. The number of methoxy groups -OCH3 is 1. The summed E-state index contributed by atoms with van der Waals surface area (Å²) in [6, 6.07) is 3.79. The third-order valence-corrected chi connectivity index (χ3v) is 3.41. The highest BCUT2D eigenvalue weighted by molar-refractivity contribution is 5.69. The summed E-state index contributed by atoms with van der Waals surface area (Å²) in [5, 5.41) is 2.89. The first-order valence-corrected chi connectivity index (χ1v) is 7.58. The van der Waals surface area contributed by atoms with E-state index in [-0.39, 0.29) is 0 Å². The van der Waals surface area contributed by atoms with Crippen LogP contribution in [0.2, 0.25) is 0 Å². The lowest BCUT2D eigenvalue weighted by Gasteiger charge is -2.27. The van der Waals surface area contributed by atoms with Crippen LogP contribution in [0.3, 0.4) is 0 Å². The van der Waals surface area contributed by atoms with Gasteiger partial charge in [-0.3, -0.25) is 0 Å². The molecule has 0 spiro atoms. The molecule has 0 aliphatic heterocycles. The average Bonchev–Trinajstić information content (AvgIpc) is 2.73. The third kappa shape index (κ3) is 3.75. The molecule has 6 nitrogen and oxygen atoms in total. The number of alkyl carbamates (subject to hydrolysis) is 1. The summed E-state index contributed by atoms with van der Waals surface area (Å²) in [6.07, 6.45) is 1.42. The lowest BCUT2D eigenvalue weighted by Crippen LogP contribution is -2.44. The summed E-state index contributed by atoms with van der Waals surface area (Å²) in [5.41, 5.74) is 0.586. The molecule has 6 heteroatoms. The average molecular weight is 319 g/mol. The molecule has 0 bridgehead atoms. The smallest absolute Gasteiger partial charge is 0.408 e. The fourth-order valence-electron chi connectivity index (χ4n) is 2.40.